The number of hydrogen-bond donors (Lipinski definition) is 2. The predicted molar refractivity (Wildman–Crippen MR) is 88.3 cm³/mol. The lowest BCUT2D eigenvalue weighted by Crippen LogP contribution is -2.39. The number of amides is 3. The van der Waals surface area contributed by atoms with Gasteiger partial charge in [0.1, 0.15) is 5.82 Å². The standard InChI is InChI=1S/C17H18N4O2/c1-12-5-7-14(8-6-12)21-11-13(10-16(21)22)19-17(23)20-15-4-2-3-9-18-15/h2-9,13H,10-11H2,1H3,(H2,18,19,20,23)/t13-/m0/s1. The smallest absolute Gasteiger partial charge is 0.320 e. The number of nitrogens with one attached hydrogen (secondary N) is 2. The first kappa shape index (κ1) is 15.0. The predicted octanol–water partition coefficient (Wildman–Crippen LogP) is 2.32. The molecule has 1 aromatic heterocycles. The van der Waals surface area contributed by atoms with Crippen molar-refractivity contribution in [2.75, 3.05) is 16.8 Å². The third kappa shape index (κ3) is 3.66. The third-order valence-electron chi connectivity index (χ3n) is 3.71. The Morgan fingerprint density at radius 3 is 2.70 bits per heavy atom. The number of aryl methyl sites for hydroxylation is 1. The summed E-state index contributed by atoms with van der Waals surface area (Å²) >= 11 is 0. The van der Waals surface area contributed by atoms with Crippen LogP contribution >= 0.6 is 0 Å². The third-order valence-corrected chi connectivity index (χ3v) is 3.71. The molecule has 0 bridgehead atoms. The largest absolute Gasteiger partial charge is 0.333 e. The number of rotatable bonds is 3. The van der Waals surface area contributed by atoms with Crippen LogP contribution in [-0.2, 0) is 4.79 Å². The SMILES string of the molecule is Cc1ccc(N2C[C@@H](NC(=O)Nc3ccccn3)CC2=O)cc1. The molecular formula is C17H18N4O2. The first-order valence-corrected chi connectivity index (χ1v) is 7.47. The number of hydrogen-bond acceptors (Lipinski definition) is 3. The van der Waals surface area contributed by atoms with E-state index in [0.29, 0.717) is 18.8 Å². The lowest BCUT2D eigenvalue weighted by atomic mass is 10.2. The van der Waals surface area contributed by atoms with Crippen LogP contribution in [0.15, 0.2) is 48.7 Å². The van der Waals surface area contributed by atoms with Crippen LogP contribution in [0.5, 0.6) is 0 Å². The summed E-state index contributed by atoms with van der Waals surface area (Å²) in [6.45, 7) is 2.47. The molecule has 0 aliphatic carbocycles. The van der Waals surface area contributed by atoms with Crippen LogP contribution in [0.4, 0.5) is 16.3 Å². The summed E-state index contributed by atoms with van der Waals surface area (Å²) in [5.41, 5.74) is 2.00. The van der Waals surface area contributed by atoms with Gasteiger partial charge in [-0.2, -0.15) is 0 Å². The summed E-state index contributed by atoms with van der Waals surface area (Å²) in [5, 5.41) is 5.47. The van der Waals surface area contributed by atoms with E-state index in [4.69, 9.17) is 0 Å². The monoisotopic (exact) mass is 310 g/mol. The van der Waals surface area contributed by atoms with Crippen molar-refractivity contribution in [1.29, 1.82) is 0 Å². The average Bonchev–Trinajstić information content (AvgIpc) is 2.89. The van der Waals surface area contributed by atoms with E-state index in [1.54, 1.807) is 29.3 Å². The molecule has 6 nitrogen and oxygen atoms in total. The van der Waals surface area contributed by atoms with Crippen molar-refractivity contribution in [2.45, 2.75) is 19.4 Å². The number of nitrogens with zero attached hydrogens (tertiary/aromatic N) is 2. The fourth-order valence-corrected chi connectivity index (χ4v) is 2.55. The van der Waals surface area contributed by atoms with Gasteiger partial charge in [-0.3, -0.25) is 10.1 Å². The quantitative estimate of drug-likeness (QED) is 0.913. The molecule has 3 amide bonds. The Kier molecular flexibility index (Phi) is 4.23. The maximum Gasteiger partial charge on any atom is 0.320 e. The van der Waals surface area contributed by atoms with Crippen molar-refractivity contribution in [2.24, 2.45) is 0 Å². The van der Waals surface area contributed by atoms with E-state index >= 15 is 0 Å². The fraction of sp³-hybridized carbons (Fsp3) is 0.235. The van der Waals surface area contributed by atoms with Crippen LogP contribution in [0.1, 0.15) is 12.0 Å². The minimum Gasteiger partial charge on any atom is -0.333 e. The molecule has 2 N–H and O–H groups in total. The van der Waals surface area contributed by atoms with Gasteiger partial charge in [0.25, 0.3) is 0 Å². The minimum absolute atomic E-state index is 0.0111. The van der Waals surface area contributed by atoms with Crippen molar-refractivity contribution in [3.05, 3.63) is 54.2 Å². The second-order valence-electron chi connectivity index (χ2n) is 5.55. The fourth-order valence-electron chi connectivity index (χ4n) is 2.55. The summed E-state index contributed by atoms with van der Waals surface area (Å²) in [4.78, 5) is 29.9. The molecule has 0 radical (unpaired) electrons. The number of anilines is 2. The van der Waals surface area contributed by atoms with Gasteiger partial charge in [0.05, 0.1) is 6.04 Å². The van der Waals surface area contributed by atoms with Crippen molar-refractivity contribution >= 4 is 23.4 Å². The minimum atomic E-state index is -0.354. The lowest BCUT2D eigenvalue weighted by Gasteiger charge is -2.17. The normalized spacial score (nSPS) is 17.2. The Balaban J connectivity index is 1.59. The van der Waals surface area contributed by atoms with E-state index in [9.17, 15) is 9.59 Å². The van der Waals surface area contributed by atoms with Crippen LogP contribution in [0.2, 0.25) is 0 Å². The zero-order valence-corrected chi connectivity index (χ0v) is 12.8. The number of urea groups is 1. The van der Waals surface area contributed by atoms with Crippen molar-refractivity contribution in [3.8, 4) is 0 Å². The second-order valence-corrected chi connectivity index (χ2v) is 5.55. The van der Waals surface area contributed by atoms with Gasteiger partial charge in [-0.05, 0) is 31.2 Å². The Hall–Kier alpha value is -2.89. The van der Waals surface area contributed by atoms with Crippen molar-refractivity contribution in [3.63, 3.8) is 0 Å². The molecule has 1 saturated heterocycles. The topological polar surface area (TPSA) is 74.3 Å². The molecule has 0 unspecified atom stereocenters. The Bertz CT molecular complexity index is 700. The van der Waals surface area contributed by atoms with Gasteiger partial charge < -0.3 is 10.2 Å². The van der Waals surface area contributed by atoms with E-state index in [2.05, 4.69) is 15.6 Å². The molecule has 1 fully saturated rings. The summed E-state index contributed by atoms with van der Waals surface area (Å²) < 4.78 is 0. The highest BCUT2D eigenvalue weighted by Crippen LogP contribution is 2.22. The number of pyridine rings is 1. The van der Waals surface area contributed by atoms with E-state index in [-0.39, 0.29) is 18.0 Å². The number of aromatic nitrogens is 1. The Morgan fingerprint density at radius 1 is 1.22 bits per heavy atom. The van der Waals surface area contributed by atoms with Gasteiger partial charge in [-0.15, -0.1) is 0 Å². The molecule has 0 saturated carbocycles. The molecule has 2 heterocycles. The molecule has 1 aromatic carbocycles. The summed E-state index contributed by atoms with van der Waals surface area (Å²) in [5.74, 6) is 0.488. The molecule has 6 heteroatoms. The van der Waals surface area contributed by atoms with Crippen LogP contribution in [-0.4, -0.2) is 29.5 Å². The molecule has 2 aromatic rings. The van der Waals surface area contributed by atoms with Crippen LogP contribution < -0.4 is 15.5 Å². The van der Waals surface area contributed by atoms with Crippen LogP contribution in [0.3, 0.4) is 0 Å². The highest BCUT2D eigenvalue weighted by Gasteiger charge is 2.31. The Morgan fingerprint density at radius 2 is 2.00 bits per heavy atom. The van der Waals surface area contributed by atoms with Gasteiger partial charge in [0.2, 0.25) is 5.91 Å². The number of carbonyl (C=O) groups excluding carboxylic acids is 2. The first-order valence-electron chi connectivity index (χ1n) is 7.47. The molecule has 1 aliphatic heterocycles. The van der Waals surface area contributed by atoms with Gasteiger partial charge in [0.15, 0.2) is 0 Å². The lowest BCUT2D eigenvalue weighted by molar-refractivity contribution is -0.117. The van der Waals surface area contributed by atoms with Gasteiger partial charge in [-0.25, -0.2) is 9.78 Å². The van der Waals surface area contributed by atoms with Crippen LogP contribution in [0, 0.1) is 6.92 Å². The molecule has 23 heavy (non-hydrogen) atoms. The molecule has 0 spiro atoms. The van der Waals surface area contributed by atoms with Gasteiger partial charge in [0, 0.05) is 24.8 Å². The van der Waals surface area contributed by atoms with Gasteiger partial charge >= 0.3 is 6.03 Å². The zero-order valence-electron chi connectivity index (χ0n) is 12.8. The van der Waals surface area contributed by atoms with Crippen molar-refractivity contribution < 1.29 is 9.59 Å². The highest BCUT2D eigenvalue weighted by molar-refractivity contribution is 5.97. The highest BCUT2D eigenvalue weighted by atomic mass is 16.2. The molecule has 118 valence electrons. The summed E-state index contributed by atoms with van der Waals surface area (Å²) in [6, 6.07) is 12.5. The number of carbonyl (C=O) groups is 2. The molecule has 1 atom stereocenters. The maximum absolute atomic E-state index is 12.2. The summed E-state index contributed by atoms with van der Waals surface area (Å²) in [6.07, 6.45) is 1.90. The molecular weight excluding hydrogens is 292 g/mol. The van der Waals surface area contributed by atoms with E-state index in [0.717, 1.165) is 11.3 Å². The van der Waals surface area contributed by atoms with Crippen molar-refractivity contribution in [1.82, 2.24) is 10.3 Å². The van der Waals surface area contributed by atoms with E-state index in [1.165, 1.54) is 0 Å². The molecule has 3 rings (SSSR count). The average molecular weight is 310 g/mol. The van der Waals surface area contributed by atoms with E-state index < -0.39 is 0 Å². The van der Waals surface area contributed by atoms with E-state index in [1.807, 2.05) is 31.2 Å². The second kappa shape index (κ2) is 6.48. The Labute approximate surface area is 134 Å². The summed E-state index contributed by atoms with van der Waals surface area (Å²) in [7, 11) is 0. The van der Waals surface area contributed by atoms with Crippen LogP contribution in [0.25, 0.3) is 0 Å². The maximum atomic E-state index is 12.2. The molecule has 1 aliphatic rings. The zero-order chi connectivity index (χ0) is 16.2. The number of benzene rings is 1. The first-order chi connectivity index (χ1) is 11.1. The van der Waals surface area contributed by atoms with Gasteiger partial charge in [-0.1, -0.05) is 23.8 Å².